The SMILES string of the molecule is [O-][N+]1=C2CCC/C(=N/O)[C@@]2(O)[C@H]2CCCC[C@@]21[NH+]1CCOCC1. The van der Waals surface area contributed by atoms with Crippen molar-refractivity contribution in [3.63, 3.8) is 0 Å². The minimum absolute atomic E-state index is 0.185. The Morgan fingerprint density at radius 2 is 2.00 bits per heavy atom. The zero-order valence-corrected chi connectivity index (χ0v) is 13.5. The van der Waals surface area contributed by atoms with Crippen molar-refractivity contribution in [1.82, 2.24) is 0 Å². The fourth-order valence-corrected chi connectivity index (χ4v) is 5.57. The van der Waals surface area contributed by atoms with E-state index in [9.17, 15) is 15.5 Å². The molecule has 0 unspecified atom stereocenters. The first-order chi connectivity index (χ1) is 11.2. The molecule has 2 aliphatic heterocycles. The average molecular weight is 324 g/mol. The zero-order valence-electron chi connectivity index (χ0n) is 13.5. The third-order valence-corrected chi connectivity index (χ3v) is 6.53. The maximum Gasteiger partial charge on any atom is 0.303 e. The van der Waals surface area contributed by atoms with Crippen molar-refractivity contribution in [2.24, 2.45) is 11.1 Å². The van der Waals surface area contributed by atoms with Gasteiger partial charge in [0.1, 0.15) is 19.0 Å². The Balaban J connectivity index is 1.85. The third-order valence-electron chi connectivity index (χ3n) is 6.53. The first kappa shape index (κ1) is 15.4. The molecule has 7 nitrogen and oxygen atoms in total. The Labute approximate surface area is 135 Å². The first-order valence-electron chi connectivity index (χ1n) is 8.86. The fourth-order valence-electron chi connectivity index (χ4n) is 5.57. The van der Waals surface area contributed by atoms with E-state index in [0.29, 0.717) is 37.5 Å². The maximum absolute atomic E-state index is 13.4. The van der Waals surface area contributed by atoms with Crippen molar-refractivity contribution >= 4 is 11.4 Å². The molecule has 0 aromatic carbocycles. The molecule has 0 amide bonds. The number of hydrogen-bond acceptors (Lipinski definition) is 5. The average Bonchev–Trinajstić information content (AvgIpc) is 2.82. The van der Waals surface area contributed by atoms with Crippen LogP contribution in [0, 0.1) is 11.1 Å². The first-order valence-corrected chi connectivity index (χ1v) is 8.86. The summed E-state index contributed by atoms with van der Waals surface area (Å²) >= 11 is 0. The van der Waals surface area contributed by atoms with Crippen LogP contribution in [-0.4, -0.2) is 64.0 Å². The van der Waals surface area contributed by atoms with Crippen LogP contribution in [0.3, 0.4) is 0 Å². The topological polar surface area (TPSA) is 92.6 Å². The van der Waals surface area contributed by atoms with Gasteiger partial charge in [0.15, 0.2) is 0 Å². The van der Waals surface area contributed by atoms with E-state index in [-0.39, 0.29) is 5.92 Å². The van der Waals surface area contributed by atoms with Crippen LogP contribution in [0.4, 0.5) is 0 Å². The monoisotopic (exact) mass is 324 g/mol. The van der Waals surface area contributed by atoms with Crippen LogP contribution in [0.2, 0.25) is 0 Å². The molecule has 2 aliphatic carbocycles. The highest BCUT2D eigenvalue weighted by Crippen LogP contribution is 2.48. The Morgan fingerprint density at radius 1 is 1.22 bits per heavy atom. The van der Waals surface area contributed by atoms with Gasteiger partial charge in [-0.15, -0.1) is 0 Å². The number of aliphatic hydroxyl groups is 1. The van der Waals surface area contributed by atoms with Crippen molar-refractivity contribution in [3.05, 3.63) is 5.21 Å². The van der Waals surface area contributed by atoms with E-state index in [4.69, 9.17) is 4.74 Å². The summed E-state index contributed by atoms with van der Waals surface area (Å²) in [7, 11) is 0. The number of fused-ring (bicyclic) bond motifs is 3. The third kappa shape index (κ3) is 1.87. The molecule has 0 bridgehead atoms. The summed E-state index contributed by atoms with van der Waals surface area (Å²) in [4.78, 5) is 1.23. The molecule has 4 rings (SSSR count). The quantitative estimate of drug-likeness (QED) is 0.262. The number of ether oxygens (including phenoxy) is 1. The Bertz CT molecular complexity index is 558. The summed E-state index contributed by atoms with van der Waals surface area (Å²) in [5.74, 6) is -0.185. The van der Waals surface area contributed by atoms with Crippen molar-refractivity contribution in [2.75, 3.05) is 26.3 Å². The van der Waals surface area contributed by atoms with Gasteiger partial charge in [0.2, 0.25) is 11.3 Å². The van der Waals surface area contributed by atoms with E-state index in [1.807, 2.05) is 0 Å². The minimum atomic E-state index is -1.35. The molecule has 3 N–H and O–H groups in total. The van der Waals surface area contributed by atoms with Gasteiger partial charge in [-0.1, -0.05) is 11.6 Å². The van der Waals surface area contributed by atoms with Crippen LogP contribution >= 0.6 is 0 Å². The largest absolute Gasteiger partial charge is 0.619 e. The van der Waals surface area contributed by atoms with E-state index < -0.39 is 11.3 Å². The highest BCUT2D eigenvalue weighted by atomic mass is 16.5. The highest BCUT2D eigenvalue weighted by Gasteiger charge is 2.74. The molecule has 1 saturated heterocycles. The van der Waals surface area contributed by atoms with Gasteiger partial charge in [-0.25, -0.2) is 0 Å². The van der Waals surface area contributed by atoms with Crippen LogP contribution in [0.5, 0.6) is 0 Å². The molecular formula is C16H26N3O4+. The van der Waals surface area contributed by atoms with Crippen molar-refractivity contribution in [3.8, 4) is 0 Å². The molecule has 3 fully saturated rings. The van der Waals surface area contributed by atoms with Crippen molar-refractivity contribution in [1.29, 1.82) is 0 Å². The summed E-state index contributed by atoms with van der Waals surface area (Å²) in [6.07, 6.45) is 5.55. The number of nitrogens with one attached hydrogen (secondary N) is 1. The lowest BCUT2D eigenvalue weighted by atomic mass is 9.65. The Morgan fingerprint density at radius 3 is 2.74 bits per heavy atom. The van der Waals surface area contributed by atoms with Crippen molar-refractivity contribution < 1.29 is 24.7 Å². The van der Waals surface area contributed by atoms with Gasteiger partial charge in [-0.05, 0) is 25.7 Å². The lowest BCUT2D eigenvalue weighted by molar-refractivity contribution is -1.05. The lowest BCUT2D eigenvalue weighted by Crippen LogP contribution is -3.24. The molecule has 0 spiro atoms. The number of hydroxylamine groups is 1. The van der Waals surface area contributed by atoms with Gasteiger partial charge in [0.25, 0.3) is 0 Å². The summed E-state index contributed by atoms with van der Waals surface area (Å²) in [5.41, 5.74) is -1.05. The zero-order chi connectivity index (χ0) is 16.1. The summed E-state index contributed by atoms with van der Waals surface area (Å²) in [5, 5.41) is 37.8. The molecule has 0 radical (unpaired) electrons. The Kier molecular flexibility index (Phi) is 3.62. The van der Waals surface area contributed by atoms with Gasteiger partial charge in [0.05, 0.1) is 25.3 Å². The molecule has 2 heterocycles. The molecule has 2 saturated carbocycles. The van der Waals surface area contributed by atoms with Crippen LogP contribution in [0.15, 0.2) is 5.16 Å². The summed E-state index contributed by atoms with van der Waals surface area (Å²) < 4.78 is 6.62. The predicted molar refractivity (Wildman–Crippen MR) is 82.9 cm³/mol. The molecule has 23 heavy (non-hydrogen) atoms. The van der Waals surface area contributed by atoms with E-state index >= 15 is 0 Å². The number of rotatable bonds is 1. The van der Waals surface area contributed by atoms with Gasteiger partial charge in [-0.2, -0.15) is 4.74 Å². The highest BCUT2D eigenvalue weighted by molar-refractivity contribution is 6.15. The second-order valence-electron chi connectivity index (χ2n) is 7.35. The number of quaternary nitrogens is 1. The Hall–Kier alpha value is -1.18. The van der Waals surface area contributed by atoms with Gasteiger partial charge >= 0.3 is 5.66 Å². The number of hydrogen-bond donors (Lipinski definition) is 3. The maximum atomic E-state index is 13.4. The molecule has 4 aliphatic rings. The molecule has 7 heteroatoms. The molecule has 0 aromatic heterocycles. The summed E-state index contributed by atoms with van der Waals surface area (Å²) in [6, 6.07) is 0. The molecule has 0 aromatic rings. The van der Waals surface area contributed by atoms with Crippen LogP contribution < -0.4 is 4.90 Å². The van der Waals surface area contributed by atoms with Gasteiger partial charge in [-0.3, -0.25) is 4.90 Å². The predicted octanol–water partition coefficient (Wildman–Crippen LogP) is -0.502. The number of morpholine rings is 1. The minimum Gasteiger partial charge on any atom is -0.619 e. The van der Waals surface area contributed by atoms with Crippen molar-refractivity contribution in [2.45, 2.75) is 56.2 Å². The second-order valence-corrected chi connectivity index (χ2v) is 7.35. The normalized spacial score (nSPS) is 43.5. The lowest BCUT2D eigenvalue weighted by Gasteiger charge is -2.45. The molecular weight excluding hydrogens is 298 g/mol. The molecule has 3 atom stereocenters. The van der Waals surface area contributed by atoms with Crippen LogP contribution in [-0.2, 0) is 4.74 Å². The van der Waals surface area contributed by atoms with E-state index in [2.05, 4.69) is 5.16 Å². The number of oxime groups is 1. The van der Waals surface area contributed by atoms with E-state index in [1.54, 1.807) is 0 Å². The van der Waals surface area contributed by atoms with Gasteiger partial charge < -0.3 is 20.3 Å². The molecule has 128 valence electrons. The van der Waals surface area contributed by atoms with E-state index in [1.165, 1.54) is 4.90 Å². The van der Waals surface area contributed by atoms with Crippen LogP contribution in [0.25, 0.3) is 0 Å². The smallest absolute Gasteiger partial charge is 0.303 e. The standard InChI is InChI=1S/C16H25N3O4/c20-16-12-4-1-2-7-15(12,18-8-10-23-11-9-18)19(22)14(16)6-3-5-13(16)17-21/h12,20-21H,1-11H2/p+1/b17-13-/t12-,15-,16-/m0/s1. The second kappa shape index (κ2) is 5.43. The fraction of sp³-hybridized carbons (Fsp3) is 0.875. The van der Waals surface area contributed by atoms with E-state index in [0.717, 1.165) is 49.9 Å². The van der Waals surface area contributed by atoms with Crippen LogP contribution in [0.1, 0.15) is 44.9 Å². The number of nitrogens with zero attached hydrogens (tertiary/aromatic N) is 2. The van der Waals surface area contributed by atoms with Gasteiger partial charge in [0, 0.05) is 6.42 Å². The summed E-state index contributed by atoms with van der Waals surface area (Å²) in [6.45, 7) is 2.91.